The van der Waals surface area contributed by atoms with Crippen molar-refractivity contribution in [3.8, 4) is 0 Å². The van der Waals surface area contributed by atoms with E-state index in [0.717, 1.165) is 17.4 Å². The first-order chi connectivity index (χ1) is 9.20. The van der Waals surface area contributed by atoms with E-state index in [1.54, 1.807) is 11.1 Å². The fourth-order valence-corrected chi connectivity index (χ4v) is 3.89. The molecule has 0 amide bonds. The summed E-state index contributed by atoms with van der Waals surface area (Å²) in [4.78, 5) is 0. The summed E-state index contributed by atoms with van der Waals surface area (Å²) in [5.74, 6) is 1.80. The van der Waals surface area contributed by atoms with Gasteiger partial charge in [0.25, 0.3) is 0 Å². The molecule has 0 aromatic heterocycles. The Balaban J connectivity index is 1.89. The van der Waals surface area contributed by atoms with Crippen molar-refractivity contribution in [3.63, 3.8) is 0 Å². The van der Waals surface area contributed by atoms with Crippen molar-refractivity contribution in [2.45, 2.75) is 63.2 Å². The van der Waals surface area contributed by atoms with Crippen molar-refractivity contribution in [2.75, 3.05) is 5.75 Å². The molecule has 0 radical (unpaired) electrons. The SMILES string of the molecule is CCC(C)SCC(N)CC1CCCc2ccccc21. The van der Waals surface area contributed by atoms with Crippen LogP contribution in [0.15, 0.2) is 24.3 Å². The first-order valence-corrected chi connectivity index (χ1v) is 8.70. The Bertz CT molecular complexity index is 391. The summed E-state index contributed by atoms with van der Waals surface area (Å²) in [7, 11) is 0. The summed E-state index contributed by atoms with van der Waals surface area (Å²) < 4.78 is 0. The molecule has 1 aromatic carbocycles. The van der Waals surface area contributed by atoms with Crippen LogP contribution in [-0.4, -0.2) is 17.0 Å². The molecule has 0 spiro atoms. The first kappa shape index (κ1) is 14.9. The second-order valence-electron chi connectivity index (χ2n) is 5.84. The first-order valence-electron chi connectivity index (χ1n) is 7.65. The minimum atomic E-state index is 0.343. The number of fused-ring (bicyclic) bond motifs is 1. The van der Waals surface area contributed by atoms with Crippen LogP contribution < -0.4 is 5.73 Å². The summed E-state index contributed by atoms with van der Waals surface area (Å²) in [6.45, 7) is 4.55. The second kappa shape index (κ2) is 7.35. The molecule has 0 fully saturated rings. The van der Waals surface area contributed by atoms with Gasteiger partial charge < -0.3 is 5.73 Å². The molecular weight excluding hydrogens is 250 g/mol. The van der Waals surface area contributed by atoms with Gasteiger partial charge in [-0.15, -0.1) is 0 Å². The lowest BCUT2D eigenvalue weighted by molar-refractivity contribution is 0.486. The van der Waals surface area contributed by atoms with Gasteiger partial charge in [-0.25, -0.2) is 0 Å². The molecule has 1 aromatic rings. The molecule has 3 unspecified atom stereocenters. The predicted octanol–water partition coefficient (Wildman–Crippen LogP) is 4.36. The van der Waals surface area contributed by atoms with E-state index in [9.17, 15) is 0 Å². The van der Waals surface area contributed by atoms with Gasteiger partial charge >= 0.3 is 0 Å². The molecule has 0 saturated heterocycles. The number of thioether (sulfide) groups is 1. The van der Waals surface area contributed by atoms with Gasteiger partial charge in [0.15, 0.2) is 0 Å². The van der Waals surface area contributed by atoms with Gasteiger partial charge in [-0.05, 0) is 49.1 Å². The van der Waals surface area contributed by atoms with Crippen molar-refractivity contribution in [1.82, 2.24) is 0 Å². The molecule has 1 aliphatic rings. The molecule has 1 aliphatic carbocycles. The van der Waals surface area contributed by atoms with Gasteiger partial charge in [0, 0.05) is 17.0 Å². The highest BCUT2D eigenvalue weighted by Gasteiger charge is 2.22. The third-order valence-corrected chi connectivity index (χ3v) is 5.77. The van der Waals surface area contributed by atoms with Crippen LogP contribution in [0.2, 0.25) is 0 Å². The van der Waals surface area contributed by atoms with E-state index in [-0.39, 0.29) is 0 Å². The Kier molecular flexibility index (Phi) is 5.77. The molecule has 2 N–H and O–H groups in total. The summed E-state index contributed by atoms with van der Waals surface area (Å²) >= 11 is 2.03. The van der Waals surface area contributed by atoms with E-state index >= 15 is 0 Å². The normalized spacial score (nSPS) is 21.7. The van der Waals surface area contributed by atoms with E-state index in [1.165, 1.54) is 25.7 Å². The van der Waals surface area contributed by atoms with E-state index in [1.807, 2.05) is 11.8 Å². The quantitative estimate of drug-likeness (QED) is 0.836. The lowest BCUT2D eigenvalue weighted by Gasteiger charge is -2.28. The third kappa shape index (κ3) is 4.25. The topological polar surface area (TPSA) is 26.0 Å². The van der Waals surface area contributed by atoms with E-state index in [0.29, 0.717) is 12.0 Å². The molecule has 0 heterocycles. The molecular formula is C17H27NS. The molecule has 106 valence electrons. The van der Waals surface area contributed by atoms with Crippen LogP contribution >= 0.6 is 11.8 Å². The van der Waals surface area contributed by atoms with Crippen LogP contribution in [0.5, 0.6) is 0 Å². The second-order valence-corrected chi connectivity index (χ2v) is 7.31. The number of rotatable bonds is 6. The zero-order valence-electron chi connectivity index (χ0n) is 12.3. The Morgan fingerprint density at radius 3 is 2.95 bits per heavy atom. The van der Waals surface area contributed by atoms with Crippen LogP contribution in [0.25, 0.3) is 0 Å². The van der Waals surface area contributed by atoms with E-state index in [4.69, 9.17) is 5.73 Å². The van der Waals surface area contributed by atoms with Gasteiger partial charge in [-0.1, -0.05) is 38.1 Å². The van der Waals surface area contributed by atoms with E-state index in [2.05, 4.69) is 38.1 Å². The third-order valence-electron chi connectivity index (χ3n) is 4.25. The van der Waals surface area contributed by atoms with Crippen LogP contribution in [-0.2, 0) is 6.42 Å². The largest absolute Gasteiger partial charge is 0.327 e. The fourth-order valence-electron chi connectivity index (χ4n) is 2.94. The highest BCUT2D eigenvalue weighted by Crippen LogP contribution is 2.34. The molecule has 2 heteroatoms. The monoisotopic (exact) mass is 277 g/mol. The number of hydrogen-bond donors (Lipinski definition) is 1. The maximum Gasteiger partial charge on any atom is 0.0136 e. The Hall–Kier alpha value is -0.470. The van der Waals surface area contributed by atoms with Crippen molar-refractivity contribution in [1.29, 1.82) is 0 Å². The zero-order valence-corrected chi connectivity index (χ0v) is 13.1. The fraction of sp³-hybridized carbons (Fsp3) is 0.647. The van der Waals surface area contributed by atoms with Gasteiger partial charge in [-0.2, -0.15) is 11.8 Å². The molecule has 0 aliphatic heterocycles. The molecule has 1 nitrogen and oxygen atoms in total. The average Bonchev–Trinajstić information content (AvgIpc) is 2.45. The van der Waals surface area contributed by atoms with Crippen molar-refractivity contribution in [2.24, 2.45) is 5.73 Å². The molecule has 19 heavy (non-hydrogen) atoms. The van der Waals surface area contributed by atoms with Crippen molar-refractivity contribution < 1.29 is 0 Å². The standard InChI is InChI=1S/C17H27NS/c1-3-13(2)19-12-16(18)11-15-9-6-8-14-7-4-5-10-17(14)15/h4-5,7,10,13,15-16H,3,6,8-9,11-12,18H2,1-2H3. The van der Waals surface area contributed by atoms with Crippen LogP contribution in [0.3, 0.4) is 0 Å². The maximum absolute atomic E-state index is 6.34. The molecule has 0 bridgehead atoms. The van der Waals surface area contributed by atoms with Crippen molar-refractivity contribution in [3.05, 3.63) is 35.4 Å². The van der Waals surface area contributed by atoms with Gasteiger partial charge in [0.1, 0.15) is 0 Å². The Labute approximate surface area is 122 Å². The number of hydrogen-bond acceptors (Lipinski definition) is 2. The van der Waals surface area contributed by atoms with Crippen LogP contribution in [0, 0.1) is 0 Å². The lowest BCUT2D eigenvalue weighted by Crippen LogP contribution is -2.27. The summed E-state index contributed by atoms with van der Waals surface area (Å²) in [6, 6.07) is 9.29. The molecule has 2 rings (SSSR count). The van der Waals surface area contributed by atoms with Gasteiger partial charge in [0.05, 0.1) is 0 Å². The highest BCUT2D eigenvalue weighted by molar-refractivity contribution is 7.99. The van der Waals surface area contributed by atoms with Gasteiger partial charge in [0.2, 0.25) is 0 Å². The minimum Gasteiger partial charge on any atom is -0.327 e. The highest BCUT2D eigenvalue weighted by atomic mass is 32.2. The summed E-state index contributed by atoms with van der Waals surface area (Å²) in [5, 5.41) is 0.740. The smallest absolute Gasteiger partial charge is 0.0136 e. The summed E-state index contributed by atoms with van der Waals surface area (Å²) in [6.07, 6.45) is 6.29. The number of aryl methyl sites for hydroxylation is 1. The Morgan fingerprint density at radius 2 is 2.16 bits per heavy atom. The minimum absolute atomic E-state index is 0.343. The average molecular weight is 277 g/mol. The Morgan fingerprint density at radius 1 is 1.37 bits per heavy atom. The maximum atomic E-state index is 6.34. The van der Waals surface area contributed by atoms with Gasteiger partial charge in [-0.3, -0.25) is 0 Å². The number of benzene rings is 1. The van der Waals surface area contributed by atoms with E-state index < -0.39 is 0 Å². The lowest BCUT2D eigenvalue weighted by atomic mass is 9.80. The predicted molar refractivity (Wildman–Crippen MR) is 86.9 cm³/mol. The van der Waals surface area contributed by atoms with Crippen LogP contribution in [0.1, 0.15) is 56.6 Å². The molecule has 3 atom stereocenters. The van der Waals surface area contributed by atoms with Crippen molar-refractivity contribution >= 4 is 11.8 Å². The van der Waals surface area contributed by atoms with Crippen LogP contribution in [0.4, 0.5) is 0 Å². The number of nitrogens with two attached hydrogens (primary N) is 1. The zero-order chi connectivity index (χ0) is 13.7. The molecule has 0 saturated carbocycles. The summed E-state index contributed by atoms with van der Waals surface area (Å²) in [5.41, 5.74) is 9.47.